The number of benzene rings is 1. The number of hydrogen-bond donors (Lipinski definition) is 2. The largest absolute Gasteiger partial charge is 0.411 e. The molecule has 9 heteroatoms. The number of rotatable bonds is 7. The summed E-state index contributed by atoms with van der Waals surface area (Å²) < 4.78 is 18.9. The number of aliphatic imine (C=N–C) groups is 1. The summed E-state index contributed by atoms with van der Waals surface area (Å²) in [6.07, 6.45) is 4.70. The molecule has 170 valence electrons. The SMILES string of the molecule is CN(CCN=C1Cc2c(/C(Cc3ccc(F)c(Cl)c3)=N/O)ccnc2N1)C1CCOCC1. The van der Waals surface area contributed by atoms with Crippen LogP contribution in [0, 0.1) is 5.82 Å². The highest BCUT2D eigenvalue weighted by Crippen LogP contribution is 2.26. The van der Waals surface area contributed by atoms with E-state index in [1.807, 2.05) is 6.07 Å². The van der Waals surface area contributed by atoms with Crippen LogP contribution >= 0.6 is 11.6 Å². The van der Waals surface area contributed by atoms with Gasteiger partial charge in [-0.15, -0.1) is 0 Å². The Morgan fingerprint density at radius 2 is 2.16 bits per heavy atom. The normalized spacial score (nSPS) is 18.2. The van der Waals surface area contributed by atoms with Gasteiger partial charge in [0.15, 0.2) is 0 Å². The lowest BCUT2D eigenvalue weighted by Gasteiger charge is -2.30. The predicted molar refractivity (Wildman–Crippen MR) is 124 cm³/mol. The maximum atomic E-state index is 13.5. The first-order chi connectivity index (χ1) is 15.5. The Kier molecular flexibility index (Phi) is 7.34. The molecule has 1 aromatic carbocycles. The molecule has 0 saturated carbocycles. The molecule has 1 aromatic heterocycles. The van der Waals surface area contributed by atoms with Gasteiger partial charge in [0, 0.05) is 56.0 Å². The minimum Gasteiger partial charge on any atom is -0.411 e. The number of nitrogens with one attached hydrogen (secondary N) is 1. The molecule has 0 aliphatic carbocycles. The Balaban J connectivity index is 1.42. The highest BCUT2D eigenvalue weighted by molar-refractivity contribution is 6.30. The Morgan fingerprint density at radius 3 is 2.91 bits per heavy atom. The van der Waals surface area contributed by atoms with Gasteiger partial charge in [-0.2, -0.15) is 0 Å². The molecule has 32 heavy (non-hydrogen) atoms. The fourth-order valence-corrected chi connectivity index (χ4v) is 4.37. The number of amidine groups is 1. The van der Waals surface area contributed by atoms with E-state index in [2.05, 4.69) is 27.4 Å². The number of oxime groups is 1. The summed E-state index contributed by atoms with van der Waals surface area (Å²) in [6.45, 7) is 3.22. The summed E-state index contributed by atoms with van der Waals surface area (Å²) in [6, 6.07) is 6.86. The fraction of sp³-hybridized carbons (Fsp3) is 0.435. The van der Waals surface area contributed by atoms with Gasteiger partial charge in [-0.3, -0.25) is 4.99 Å². The van der Waals surface area contributed by atoms with Crippen LogP contribution in [0.4, 0.5) is 10.2 Å². The van der Waals surface area contributed by atoms with E-state index in [9.17, 15) is 9.60 Å². The molecular formula is C23H27ClFN5O2. The number of fused-ring (bicyclic) bond motifs is 1. The van der Waals surface area contributed by atoms with Crippen LogP contribution in [0.1, 0.15) is 29.5 Å². The Labute approximate surface area is 192 Å². The highest BCUT2D eigenvalue weighted by Gasteiger charge is 2.24. The van der Waals surface area contributed by atoms with Crippen LogP contribution in [-0.2, 0) is 17.6 Å². The molecule has 7 nitrogen and oxygen atoms in total. The van der Waals surface area contributed by atoms with Gasteiger partial charge in [-0.05, 0) is 43.7 Å². The standard InChI is InChI=1S/C23H27ClFN5O2/c1-30(16-5-10-32-11-6-16)9-8-26-22-14-18-17(4-7-27-23(18)28-22)21(29-31)13-15-2-3-20(25)19(24)12-15/h2-4,7,12,16,31H,5-6,8-11,13-14H2,1H3,(H,26,27,28)/b29-21+. The van der Waals surface area contributed by atoms with Crippen molar-refractivity contribution < 1.29 is 14.3 Å². The van der Waals surface area contributed by atoms with E-state index in [-0.39, 0.29) is 5.02 Å². The monoisotopic (exact) mass is 459 g/mol. The minimum absolute atomic E-state index is 0.0431. The zero-order chi connectivity index (χ0) is 22.5. The molecule has 2 aliphatic heterocycles. The first-order valence-corrected chi connectivity index (χ1v) is 11.1. The lowest BCUT2D eigenvalue weighted by molar-refractivity contribution is 0.0441. The number of pyridine rings is 1. The van der Waals surface area contributed by atoms with Crippen molar-refractivity contribution in [2.24, 2.45) is 10.1 Å². The molecule has 2 aromatic rings. The number of nitrogens with zero attached hydrogens (tertiary/aromatic N) is 4. The number of likely N-dealkylation sites (N-methyl/N-ethyl adjacent to an activating group) is 1. The number of anilines is 1. The molecule has 1 saturated heterocycles. The van der Waals surface area contributed by atoms with E-state index in [4.69, 9.17) is 21.3 Å². The first kappa shape index (κ1) is 22.6. The Bertz CT molecular complexity index is 1020. The molecule has 0 bridgehead atoms. The second-order valence-corrected chi connectivity index (χ2v) is 8.52. The number of hydrogen-bond acceptors (Lipinski definition) is 6. The van der Waals surface area contributed by atoms with Crippen molar-refractivity contribution in [3.05, 3.63) is 58.0 Å². The summed E-state index contributed by atoms with van der Waals surface area (Å²) >= 11 is 5.90. The van der Waals surface area contributed by atoms with E-state index < -0.39 is 5.82 Å². The summed E-state index contributed by atoms with van der Waals surface area (Å²) in [4.78, 5) is 11.5. The number of ether oxygens (including phenoxy) is 1. The third kappa shape index (κ3) is 5.26. The molecule has 3 heterocycles. The summed E-state index contributed by atoms with van der Waals surface area (Å²) in [5, 5.41) is 16.5. The summed E-state index contributed by atoms with van der Waals surface area (Å²) in [5.74, 6) is 1.09. The van der Waals surface area contributed by atoms with Crippen molar-refractivity contribution in [2.45, 2.75) is 31.7 Å². The van der Waals surface area contributed by atoms with Crippen LogP contribution in [0.15, 0.2) is 40.6 Å². The average Bonchev–Trinajstić information content (AvgIpc) is 3.23. The molecule has 0 radical (unpaired) electrons. The predicted octanol–water partition coefficient (Wildman–Crippen LogP) is 3.77. The second kappa shape index (κ2) is 10.4. The lowest BCUT2D eigenvalue weighted by atomic mass is 9.98. The van der Waals surface area contributed by atoms with E-state index in [1.165, 1.54) is 6.07 Å². The van der Waals surface area contributed by atoms with Crippen LogP contribution in [0.25, 0.3) is 0 Å². The van der Waals surface area contributed by atoms with E-state index >= 15 is 0 Å². The number of aromatic nitrogens is 1. The van der Waals surface area contributed by atoms with Crippen molar-refractivity contribution in [3.8, 4) is 0 Å². The van der Waals surface area contributed by atoms with E-state index in [0.29, 0.717) is 31.1 Å². The fourth-order valence-electron chi connectivity index (χ4n) is 4.17. The summed E-state index contributed by atoms with van der Waals surface area (Å²) in [7, 11) is 2.14. The third-order valence-electron chi connectivity index (χ3n) is 6.02. The molecular weight excluding hydrogens is 433 g/mol. The summed E-state index contributed by atoms with van der Waals surface area (Å²) in [5.41, 5.74) is 2.94. The quantitative estimate of drug-likeness (QED) is 0.374. The van der Waals surface area contributed by atoms with Crippen LogP contribution in [0.2, 0.25) is 5.02 Å². The zero-order valence-corrected chi connectivity index (χ0v) is 18.8. The molecule has 4 rings (SSSR count). The van der Waals surface area contributed by atoms with Crippen LogP contribution in [0.5, 0.6) is 0 Å². The van der Waals surface area contributed by atoms with Gasteiger partial charge >= 0.3 is 0 Å². The maximum Gasteiger partial charge on any atom is 0.141 e. The van der Waals surface area contributed by atoms with Crippen molar-refractivity contribution in [1.82, 2.24) is 9.88 Å². The maximum absolute atomic E-state index is 13.5. The van der Waals surface area contributed by atoms with Crippen molar-refractivity contribution in [3.63, 3.8) is 0 Å². The molecule has 1 fully saturated rings. The van der Waals surface area contributed by atoms with Gasteiger partial charge < -0.3 is 20.2 Å². The van der Waals surface area contributed by atoms with Gasteiger partial charge in [-0.25, -0.2) is 9.37 Å². The van der Waals surface area contributed by atoms with Gasteiger partial charge in [0.1, 0.15) is 17.5 Å². The topological polar surface area (TPSA) is 82.3 Å². The molecule has 0 atom stereocenters. The van der Waals surface area contributed by atoms with Crippen LogP contribution in [-0.4, -0.2) is 66.0 Å². The van der Waals surface area contributed by atoms with Crippen molar-refractivity contribution >= 4 is 29.0 Å². The van der Waals surface area contributed by atoms with Crippen molar-refractivity contribution in [2.75, 3.05) is 38.7 Å². The van der Waals surface area contributed by atoms with Gasteiger partial charge in [0.05, 0.1) is 17.3 Å². The van der Waals surface area contributed by atoms with Crippen LogP contribution < -0.4 is 5.32 Å². The first-order valence-electron chi connectivity index (χ1n) is 10.8. The molecule has 0 unspecified atom stereocenters. The van der Waals surface area contributed by atoms with E-state index in [0.717, 1.165) is 60.9 Å². The second-order valence-electron chi connectivity index (χ2n) is 8.11. The van der Waals surface area contributed by atoms with E-state index in [1.54, 1.807) is 18.3 Å². The van der Waals surface area contributed by atoms with Crippen molar-refractivity contribution in [1.29, 1.82) is 0 Å². The van der Waals surface area contributed by atoms with Gasteiger partial charge in [0.25, 0.3) is 0 Å². The number of halogens is 2. The Hall–Kier alpha value is -2.55. The molecule has 2 aliphatic rings. The van der Waals surface area contributed by atoms with Crippen LogP contribution in [0.3, 0.4) is 0 Å². The smallest absolute Gasteiger partial charge is 0.141 e. The Morgan fingerprint density at radius 1 is 1.34 bits per heavy atom. The highest BCUT2D eigenvalue weighted by atomic mass is 35.5. The third-order valence-corrected chi connectivity index (χ3v) is 6.31. The van der Waals surface area contributed by atoms with Gasteiger partial charge in [0.2, 0.25) is 0 Å². The average molecular weight is 460 g/mol. The lowest BCUT2D eigenvalue weighted by Crippen LogP contribution is -2.38. The van der Waals surface area contributed by atoms with Gasteiger partial charge in [-0.1, -0.05) is 22.8 Å². The molecule has 2 N–H and O–H groups in total. The molecule has 0 amide bonds. The minimum atomic E-state index is -0.477. The molecule has 0 spiro atoms. The zero-order valence-electron chi connectivity index (χ0n) is 18.0.